The zero-order valence-corrected chi connectivity index (χ0v) is 2.88. The van der Waals surface area contributed by atoms with Gasteiger partial charge >= 0.3 is 6.01 Å². The van der Waals surface area contributed by atoms with Crippen molar-refractivity contribution in [1.29, 1.82) is 0 Å². The summed E-state index contributed by atoms with van der Waals surface area (Å²) in [7, 11) is 0. The topological polar surface area (TPSA) is 79.1 Å². The molecule has 0 aliphatic heterocycles. The minimum Gasteiger partial charge on any atom is -0.282 e. The molecule has 0 aliphatic carbocycles. The smallest absolute Gasteiger partial charge is 0.282 e. The third kappa shape index (κ3) is 0.291. The van der Waals surface area contributed by atoms with Crippen LogP contribution in [-0.4, -0.2) is 10.5 Å². The van der Waals surface area contributed by atoms with Gasteiger partial charge in [0.05, 0.1) is 0 Å². The summed E-state index contributed by atoms with van der Waals surface area (Å²) in [6.45, 7) is 0. The number of aromatic amines is 1. The van der Waals surface area contributed by atoms with Gasteiger partial charge in [-0.05, 0) is 0 Å². The molecule has 5 nitrogen and oxygen atoms in total. The fourth-order valence-corrected chi connectivity index (χ4v) is 0.154. The summed E-state index contributed by atoms with van der Waals surface area (Å²) < 4.78 is 4.19. The summed E-state index contributed by atoms with van der Waals surface area (Å²) in [4.78, 5) is 0. The molecule has 1 aromatic rings. The Morgan fingerprint density at radius 3 is 2.83 bits per heavy atom. The molecule has 0 saturated carbocycles. The molecule has 0 radical (unpaired) electrons. The Morgan fingerprint density at radius 1 is 1.83 bits per heavy atom. The molecule has 1 rings (SSSR count). The number of rotatable bonds is 0. The Bertz CT molecular complexity index is 111. The van der Waals surface area contributed by atoms with Gasteiger partial charge in [0.2, 0.25) is 5.27 Å². The third-order valence-electron chi connectivity index (χ3n) is 0.340. The molecule has 1 aromatic heterocycles. The van der Waals surface area contributed by atoms with Crippen LogP contribution in [0.15, 0.2) is 4.52 Å². The number of anilines is 1. The predicted molar refractivity (Wildman–Crippen MR) is 15.3 cm³/mol. The second kappa shape index (κ2) is 0.925. The van der Waals surface area contributed by atoms with E-state index in [0.717, 1.165) is 0 Å². The van der Waals surface area contributed by atoms with Crippen molar-refractivity contribution >= 4 is 6.01 Å². The van der Waals surface area contributed by atoms with E-state index in [2.05, 4.69) is 20.1 Å². The number of aromatic nitrogens is 3. The first-order valence-electron chi connectivity index (χ1n) is 1.35. The van der Waals surface area contributed by atoms with E-state index in [1.807, 2.05) is 0 Å². The molecule has 5 heteroatoms. The minimum atomic E-state index is 0.120. The quantitative estimate of drug-likeness (QED) is 0.416. The highest BCUT2D eigenvalue weighted by Gasteiger charge is 1.91. The van der Waals surface area contributed by atoms with Crippen LogP contribution in [0.2, 0.25) is 0 Å². The molecular weight excluding hydrogens is 84.0 g/mol. The lowest BCUT2D eigenvalue weighted by atomic mass is 11.2. The molecular formula is CH3N4O+. The molecule has 0 fully saturated rings. The van der Waals surface area contributed by atoms with Gasteiger partial charge in [0.15, 0.2) is 0 Å². The van der Waals surface area contributed by atoms with E-state index in [1.54, 1.807) is 0 Å². The molecule has 32 valence electrons. The number of nitrogen functional groups attached to an aromatic ring is 1. The molecule has 1 heterocycles. The van der Waals surface area contributed by atoms with Crippen molar-refractivity contribution in [2.45, 2.75) is 0 Å². The molecule has 0 amide bonds. The van der Waals surface area contributed by atoms with Crippen molar-refractivity contribution in [2.75, 3.05) is 5.73 Å². The van der Waals surface area contributed by atoms with Crippen LogP contribution in [0.5, 0.6) is 0 Å². The first-order chi connectivity index (χ1) is 2.89. The average Bonchev–Trinajstić information content (AvgIpc) is 1.86. The van der Waals surface area contributed by atoms with Crippen molar-refractivity contribution in [3.05, 3.63) is 0 Å². The normalized spacial score (nSPS) is 8.67. The van der Waals surface area contributed by atoms with Gasteiger partial charge in [-0.3, -0.25) is 5.73 Å². The molecule has 6 heavy (non-hydrogen) atoms. The van der Waals surface area contributed by atoms with Crippen LogP contribution in [0.1, 0.15) is 0 Å². The van der Waals surface area contributed by atoms with E-state index >= 15 is 0 Å². The molecule has 0 aromatic carbocycles. The zero-order valence-electron chi connectivity index (χ0n) is 2.88. The summed E-state index contributed by atoms with van der Waals surface area (Å²) >= 11 is 0. The first kappa shape index (κ1) is 3.08. The molecule has 3 N–H and O–H groups in total. The molecule has 0 bridgehead atoms. The lowest BCUT2D eigenvalue weighted by Gasteiger charge is -1.54. The van der Waals surface area contributed by atoms with Crippen LogP contribution in [0.4, 0.5) is 6.01 Å². The van der Waals surface area contributed by atoms with Gasteiger partial charge in [-0.1, -0.05) is 0 Å². The predicted octanol–water partition coefficient (Wildman–Crippen LogP) is -1.53. The van der Waals surface area contributed by atoms with Crippen molar-refractivity contribution in [2.24, 2.45) is 0 Å². The Morgan fingerprint density at radius 2 is 2.67 bits per heavy atom. The highest BCUT2D eigenvalue weighted by Crippen LogP contribution is 1.73. The second-order valence-electron chi connectivity index (χ2n) is 0.749. The van der Waals surface area contributed by atoms with Gasteiger partial charge in [0, 0.05) is 0 Å². The van der Waals surface area contributed by atoms with E-state index in [4.69, 9.17) is 5.73 Å². The van der Waals surface area contributed by atoms with Crippen LogP contribution >= 0.6 is 0 Å². The molecule has 0 saturated heterocycles. The lowest BCUT2D eigenvalue weighted by molar-refractivity contribution is -0.442. The number of H-pyrrole nitrogens is 1. The van der Waals surface area contributed by atoms with E-state index in [9.17, 15) is 0 Å². The van der Waals surface area contributed by atoms with E-state index < -0.39 is 0 Å². The van der Waals surface area contributed by atoms with Gasteiger partial charge < -0.3 is 0 Å². The second-order valence-corrected chi connectivity index (χ2v) is 0.749. The third-order valence-corrected chi connectivity index (χ3v) is 0.340. The Hall–Kier alpha value is -1.13. The summed E-state index contributed by atoms with van der Waals surface area (Å²) in [6.07, 6.45) is 0. The fourth-order valence-electron chi connectivity index (χ4n) is 0.154. The molecule has 0 atom stereocenters. The first-order valence-corrected chi connectivity index (χ1v) is 1.35. The fraction of sp³-hybridized carbons (Fsp3) is 0. The lowest BCUT2D eigenvalue weighted by Crippen LogP contribution is -2.06. The highest BCUT2D eigenvalue weighted by molar-refractivity contribution is 4.89. The van der Waals surface area contributed by atoms with E-state index in [-0.39, 0.29) is 6.01 Å². The zero-order chi connectivity index (χ0) is 4.41. The van der Waals surface area contributed by atoms with Gasteiger partial charge in [-0.25, -0.2) is 0 Å². The standard InChI is InChI=1S/CH2N4O/c2-1-3-4-5-6-1/h(H2,2,3,5)/p+1. The summed E-state index contributed by atoms with van der Waals surface area (Å²) in [5.74, 6) is 0. The Kier molecular flexibility index (Phi) is 0.474. The molecule has 0 spiro atoms. The van der Waals surface area contributed by atoms with Crippen LogP contribution in [-0.2, 0) is 0 Å². The van der Waals surface area contributed by atoms with Crippen LogP contribution in [0.3, 0.4) is 0 Å². The molecule has 0 unspecified atom stereocenters. The number of nitrogens with two attached hydrogens (primary N) is 1. The van der Waals surface area contributed by atoms with Gasteiger partial charge in [-0.2, -0.15) is 4.52 Å². The largest absolute Gasteiger partial charge is 0.451 e. The maximum atomic E-state index is 4.93. The van der Waals surface area contributed by atoms with Gasteiger partial charge in [0.1, 0.15) is 5.21 Å². The Labute approximate surface area is 33.1 Å². The SMILES string of the molecule is Nc1[nH+]nno1. The van der Waals surface area contributed by atoms with Crippen LogP contribution < -0.4 is 10.8 Å². The minimum absolute atomic E-state index is 0.120. The van der Waals surface area contributed by atoms with E-state index in [0.29, 0.717) is 0 Å². The number of nitrogens with zero attached hydrogens (tertiary/aromatic N) is 2. The number of nitrogens with one attached hydrogen (secondary N) is 1. The van der Waals surface area contributed by atoms with Gasteiger partial charge in [-0.15, -0.1) is 5.10 Å². The van der Waals surface area contributed by atoms with Crippen molar-refractivity contribution in [1.82, 2.24) is 10.5 Å². The number of hydrogen-bond donors (Lipinski definition) is 1. The average molecular weight is 87.1 g/mol. The summed E-state index contributed by atoms with van der Waals surface area (Å²) in [6, 6.07) is 0.120. The summed E-state index contributed by atoms with van der Waals surface area (Å²) in [5, 5.41) is 8.42. The van der Waals surface area contributed by atoms with Crippen molar-refractivity contribution in [3.63, 3.8) is 0 Å². The monoisotopic (exact) mass is 87.0 g/mol. The van der Waals surface area contributed by atoms with Crippen LogP contribution in [0, 0.1) is 0 Å². The summed E-state index contributed by atoms with van der Waals surface area (Å²) in [5.41, 5.74) is 4.93. The van der Waals surface area contributed by atoms with E-state index in [1.165, 1.54) is 0 Å². The highest BCUT2D eigenvalue weighted by atomic mass is 16.5. The Balaban J connectivity index is 3.05. The van der Waals surface area contributed by atoms with Crippen molar-refractivity contribution < 1.29 is 9.62 Å². The van der Waals surface area contributed by atoms with Gasteiger partial charge in [0.25, 0.3) is 0 Å². The maximum Gasteiger partial charge on any atom is 0.451 e. The maximum absolute atomic E-state index is 4.93. The number of hydrogen-bond acceptors (Lipinski definition) is 4. The molecule has 0 aliphatic rings. The van der Waals surface area contributed by atoms with Crippen LogP contribution in [0.25, 0.3) is 0 Å². The van der Waals surface area contributed by atoms with Crippen molar-refractivity contribution in [3.8, 4) is 0 Å².